The molecule has 0 aliphatic heterocycles. The molecule has 0 fully saturated rings. The van der Waals surface area contributed by atoms with Gasteiger partial charge in [-0.2, -0.15) is 0 Å². The van der Waals surface area contributed by atoms with E-state index < -0.39 is 11.9 Å². The Hall–Kier alpha value is -2.89. The molecule has 126 valence electrons. The molecule has 1 N–H and O–H groups in total. The smallest absolute Gasteiger partial charge is 0.323 e. The molecule has 0 aliphatic carbocycles. The monoisotopic (exact) mass is 328 g/mol. The molecule has 1 aromatic carbocycles. The van der Waals surface area contributed by atoms with E-state index in [9.17, 15) is 9.59 Å². The van der Waals surface area contributed by atoms with Gasteiger partial charge in [-0.25, -0.2) is 0 Å². The van der Waals surface area contributed by atoms with Crippen LogP contribution in [0.5, 0.6) is 11.5 Å². The lowest BCUT2D eigenvalue weighted by Gasteiger charge is -2.22. The molecule has 1 aromatic heterocycles. The van der Waals surface area contributed by atoms with Gasteiger partial charge in [-0.05, 0) is 24.1 Å². The standard InChI is InChI=1S/C18H20N2O4/c1-13(2)11-20(12-17(21)22)18(23)16-10-15(8-9-19-16)24-14-6-4-3-5-7-14/h3-10,13H,11-12H2,1-2H3,(H,21,22). The van der Waals surface area contributed by atoms with E-state index in [4.69, 9.17) is 9.84 Å². The van der Waals surface area contributed by atoms with Gasteiger partial charge < -0.3 is 14.7 Å². The molecule has 2 aromatic rings. The first-order chi connectivity index (χ1) is 11.5. The molecule has 0 bridgehead atoms. The number of aromatic nitrogens is 1. The first-order valence-corrected chi connectivity index (χ1v) is 7.65. The van der Waals surface area contributed by atoms with Crippen LogP contribution < -0.4 is 4.74 Å². The lowest BCUT2D eigenvalue weighted by molar-refractivity contribution is -0.137. The van der Waals surface area contributed by atoms with Crippen LogP contribution in [0.25, 0.3) is 0 Å². The molecule has 6 nitrogen and oxygen atoms in total. The molecule has 6 heteroatoms. The van der Waals surface area contributed by atoms with E-state index in [1.165, 1.54) is 17.2 Å². The summed E-state index contributed by atoms with van der Waals surface area (Å²) in [6.07, 6.45) is 1.47. The van der Waals surface area contributed by atoms with Crippen molar-refractivity contribution in [2.24, 2.45) is 5.92 Å². The van der Waals surface area contributed by atoms with Crippen molar-refractivity contribution in [3.8, 4) is 11.5 Å². The van der Waals surface area contributed by atoms with Crippen molar-refractivity contribution in [1.82, 2.24) is 9.88 Å². The average molecular weight is 328 g/mol. The number of ether oxygens (including phenoxy) is 1. The van der Waals surface area contributed by atoms with Crippen molar-refractivity contribution < 1.29 is 19.4 Å². The Kier molecular flexibility index (Phi) is 5.89. The van der Waals surface area contributed by atoms with E-state index >= 15 is 0 Å². The number of carboxylic acids is 1. The minimum absolute atomic E-state index is 0.150. The van der Waals surface area contributed by atoms with E-state index in [-0.39, 0.29) is 18.2 Å². The van der Waals surface area contributed by atoms with Crippen molar-refractivity contribution >= 4 is 11.9 Å². The van der Waals surface area contributed by atoms with E-state index in [1.807, 2.05) is 32.0 Å². The molecule has 0 saturated carbocycles. The molecule has 0 aliphatic rings. The maximum absolute atomic E-state index is 12.6. The summed E-state index contributed by atoms with van der Waals surface area (Å²) >= 11 is 0. The fourth-order valence-corrected chi connectivity index (χ4v) is 2.20. The Labute approximate surface area is 140 Å². The van der Waals surface area contributed by atoms with Gasteiger partial charge in [0, 0.05) is 18.8 Å². The number of hydrogen-bond acceptors (Lipinski definition) is 4. The van der Waals surface area contributed by atoms with Crippen LogP contribution in [-0.2, 0) is 4.79 Å². The van der Waals surface area contributed by atoms with Crippen molar-refractivity contribution in [3.05, 3.63) is 54.4 Å². The van der Waals surface area contributed by atoms with Crippen LogP contribution in [0.1, 0.15) is 24.3 Å². The summed E-state index contributed by atoms with van der Waals surface area (Å²) in [7, 11) is 0. The van der Waals surface area contributed by atoms with Crippen molar-refractivity contribution in [2.75, 3.05) is 13.1 Å². The molecule has 24 heavy (non-hydrogen) atoms. The number of carbonyl (C=O) groups excluding carboxylic acids is 1. The Morgan fingerprint density at radius 1 is 1.17 bits per heavy atom. The summed E-state index contributed by atoms with van der Waals surface area (Å²) in [5, 5.41) is 9.00. The molecular weight excluding hydrogens is 308 g/mol. The van der Waals surface area contributed by atoms with Gasteiger partial charge in [-0.1, -0.05) is 32.0 Å². The number of carbonyl (C=O) groups is 2. The van der Waals surface area contributed by atoms with Gasteiger partial charge in [-0.3, -0.25) is 14.6 Å². The maximum atomic E-state index is 12.6. The number of hydrogen-bond donors (Lipinski definition) is 1. The molecule has 0 atom stereocenters. The molecule has 2 rings (SSSR count). The van der Waals surface area contributed by atoms with E-state index in [2.05, 4.69) is 4.98 Å². The highest BCUT2D eigenvalue weighted by Crippen LogP contribution is 2.21. The largest absolute Gasteiger partial charge is 0.480 e. The highest BCUT2D eigenvalue weighted by Gasteiger charge is 2.21. The Morgan fingerprint density at radius 2 is 1.88 bits per heavy atom. The average Bonchev–Trinajstić information content (AvgIpc) is 2.54. The zero-order valence-electron chi connectivity index (χ0n) is 13.7. The third-order valence-electron chi connectivity index (χ3n) is 3.13. The van der Waals surface area contributed by atoms with Gasteiger partial charge >= 0.3 is 5.97 Å². The number of amides is 1. The molecular formula is C18H20N2O4. The van der Waals surface area contributed by atoms with Gasteiger partial charge in [0.1, 0.15) is 23.7 Å². The summed E-state index contributed by atoms with van der Waals surface area (Å²) in [6.45, 7) is 3.83. The van der Waals surface area contributed by atoms with Crippen LogP contribution in [0, 0.1) is 5.92 Å². The lowest BCUT2D eigenvalue weighted by Crippen LogP contribution is -2.38. The molecule has 0 unspecified atom stereocenters. The third-order valence-corrected chi connectivity index (χ3v) is 3.13. The second kappa shape index (κ2) is 8.10. The minimum atomic E-state index is -1.05. The van der Waals surface area contributed by atoms with Gasteiger partial charge in [0.15, 0.2) is 0 Å². The van der Waals surface area contributed by atoms with E-state index in [0.29, 0.717) is 18.0 Å². The van der Waals surface area contributed by atoms with Crippen LogP contribution in [0.3, 0.4) is 0 Å². The quantitative estimate of drug-likeness (QED) is 0.845. The Balaban J connectivity index is 2.18. The van der Waals surface area contributed by atoms with Gasteiger partial charge in [0.2, 0.25) is 0 Å². The molecule has 1 heterocycles. The minimum Gasteiger partial charge on any atom is -0.480 e. The van der Waals surface area contributed by atoms with Crippen LogP contribution in [-0.4, -0.2) is 40.0 Å². The number of benzene rings is 1. The zero-order chi connectivity index (χ0) is 17.5. The van der Waals surface area contributed by atoms with E-state index in [1.54, 1.807) is 18.2 Å². The zero-order valence-corrected chi connectivity index (χ0v) is 13.7. The number of pyridine rings is 1. The lowest BCUT2D eigenvalue weighted by atomic mass is 10.2. The Morgan fingerprint density at radius 3 is 2.50 bits per heavy atom. The van der Waals surface area contributed by atoms with E-state index in [0.717, 1.165) is 0 Å². The summed E-state index contributed by atoms with van der Waals surface area (Å²) in [5.41, 5.74) is 0.158. The number of aliphatic carboxylic acids is 1. The summed E-state index contributed by atoms with van der Waals surface area (Å²) in [6, 6.07) is 12.3. The van der Waals surface area contributed by atoms with Crippen LogP contribution >= 0.6 is 0 Å². The number of rotatable bonds is 7. The fourth-order valence-electron chi connectivity index (χ4n) is 2.20. The van der Waals surface area contributed by atoms with Crippen molar-refractivity contribution in [1.29, 1.82) is 0 Å². The third kappa shape index (κ3) is 5.08. The Bertz CT molecular complexity index is 701. The van der Waals surface area contributed by atoms with Gasteiger partial charge in [0.05, 0.1) is 0 Å². The molecule has 0 radical (unpaired) electrons. The highest BCUT2D eigenvalue weighted by molar-refractivity contribution is 5.94. The van der Waals surface area contributed by atoms with Gasteiger partial charge in [-0.15, -0.1) is 0 Å². The van der Waals surface area contributed by atoms with Gasteiger partial charge in [0.25, 0.3) is 5.91 Å². The number of carboxylic acid groups (broad SMARTS) is 1. The first kappa shape index (κ1) is 17.5. The molecule has 1 amide bonds. The number of nitrogens with zero attached hydrogens (tertiary/aromatic N) is 2. The van der Waals surface area contributed by atoms with Crippen LogP contribution in [0.4, 0.5) is 0 Å². The second-order valence-corrected chi connectivity index (χ2v) is 5.77. The van der Waals surface area contributed by atoms with Crippen LogP contribution in [0.2, 0.25) is 0 Å². The van der Waals surface area contributed by atoms with Crippen LogP contribution in [0.15, 0.2) is 48.7 Å². The SMILES string of the molecule is CC(C)CN(CC(=O)O)C(=O)c1cc(Oc2ccccc2)ccn1. The summed E-state index contributed by atoms with van der Waals surface area (Å²) < 4.78 is 5.68. The highest BCUT2D eigenvalue weighted by atomic mass is 16.5. The molecule has 0 spiro atoms. The second-order valence-electron chi connectivity index (χ2n) is 5.77. The fraction of sp³-hybridized carbons (Fsp3) is 0.278. The summed E-state index contributed by atoms with van der Waals surface area (Å²) in [4.78, 5) is 28.9. The number of para-hydroxylation sites is 1. The maximum Gasteiger partial charge on any atom is 0.323 e. The predicted octanol–water partition coefficient (Wildman–Crippen LogP) is 3.06. The predicted molar refractivity (Wildman–Crippen MR) is 89.1 cm³/mol. The topological polar surface area (TPSA) is 79.7 Å². The normalized spacial score (nSPS) is 10.5. The summed E-state index contributed by atoms with van der Waals surface area (Å²) in [5.74, 6) is -0.214. The van der Waals surface area contributed by atoms with Crippen molar-refractivity contribution in [3.63, 3.8) is 0 Å². The molecule has 0 saturated heterocycles. The van der Waals surface area contributed by atoms with Crippen molar-refractivity contribution in [2.45, 2.75) is 13.8 Å². The first-order valence-electron chi connectivity index (χ1n) is 7.65.